The summed E-state index contributed by atoms with van der Waals surface area (Å²) in [4.78, 5) is 27.9. The highest BCUT2D eigenvalue weighted by Crippen LogP contribution is 2.30. The number of aliphatic carboxylic acids is 1. The predicted octanol–water partition coefficient (Wildman–Crippen LogP) is 0.712. The molecule has 1 saturated heterocycles. The first-order valence-corrected chi connectivity index (χ1v) is 13.4. The van der Waals surface area contributed by atoms with E-state index in [1.54, 1.807) is 12.1 Å². The minimum Gasteiger partial charge on any atom is -0.480 e. The number of rotatable bonds is 6. The van der Waals surface area contributed by atoms with Crippen LogP contribution >= 0.6 is 0 Å². The van der Waals surface area contributed by atoms with E-state index in [9.17, 15) is 31.5 Å². The van der Waals surface area contributed by atoms with Gasteiger partial charge in [-0.1, -0.05) is 12.1 Å². The van der Waals surface area contributed by atoms with Crippen LogP contribution in [0.25, 0.3) is 11.2 Å². The summed E-state index contributed by atoms with van der Waals surface area (Å²) in [6.07, 6.45) is 3.02. The molecule has 0 saturated carbocycles. The van der Waals surface area contributed by atoms with Gasteiger partial charge in [-0.05, 0) is 37.1 Å². The molecule has 3 aromatic rings. The van der Waals surface area contributed by atoms with E-state index in [-0.39, 0.29) is 41.8 Å². The number of hydrogen-bond acceptors (Lipinski definition) is 7. The normalized spacial score (nSPS) is 16.3. The van der Waals surface area contributed by atoms with Gasteiger partial charge in [0.1, 0.15) is 11.4 Å². The second kappa shape index (κ2) is 8.39. The number of carbonyl (C=O) groups is 1. The molecular weight excluding hydrogens is 472 g/mol. The van der Waals surface area contributed by atoms with Gasteiger partial charge < -0.3 is 5.11 Å². The van der Waals surface area contributed by atoms with Crippen LogP contribution in [0.15, 0.2) is 57.2 Å². The van der Waals surface area contributed by atoms with Gasteiger partial charge >= 0.3 is 11.7 Å². The molecule has 0 aliphatic carbocycles. The molecule has 1 aliphatic heterocycles. The number of pyridine rings is 1. The Kier molecular flexibility index (Phi) is 5.88. The van der Waals surface area contributed by atoms with E-state index in [0.717, 1.165) is 10.8 Å². The van der Waals surface area contributed by atoms with E-state index in [1.807, 2.05) is 0 Å². The van der Waals surface area contributed by atoms with Crippen LogP contribution in [0.5, 0.6) is 0 Å². The number of benzene rings is 1. The Labute approximate surface area is 189 Å². The van der Waals surface area contributed by atoms with E-state index in [2.05, 4.69) is 4.98 Å². The summed E-state index contributed by atoms with van der Waals surface area (Å²) in [5.41, 5.74) is 0.212. The highest BCUT2D eigenvalue weighted by Gasteiger charge is 2.34. The fourth-order valence-electron chi connectivity index (χ4n) is 4.18. The van der Waals surface area contributed by atoms with Crippen LogP contribution in [0.3, 0.4) is 0 Å². The van der Waals surface area contributed by atoms with Gasteiger partial charge in [0.15, 0.2) is 15.5 Å². The molecule has 1 N–H and O–H groups in total. The average Bonchev–Trinajstić information content (AvgIpc) is 3.04. The fraction of sp³-hybridized carbons (Fsp3) is 0.350. The van der Waals surface area contributed by atoms with Gasteiger partial charge in [0.2, 0.25) is 10.0 Å². The second-order valence-corrected chi connectivity index (χ2v) is 11.7. The van der Waals surface area contributed by atoms with Crippen molar-refractivity contribution in [3.05, 3.63) is 53.1 Å². The maximum Gasteiger partial charge on any atom is 0.331 e. The lowest BCUT2D eigenvalue weighted by molar-refractivity contribution is -0.137. The molecule has 11 nitrogen and oxygen atoms in total. The maximum atomic E-state index is 13.2. The van der Waals surface area contributed by atoms with Crippen molar-refractivity contribution >= 4 is 37.0 Å². The van der Waals surface area contributed by atoms with E-state index >= 15 is 0 Å². The van der Waals surface area contributed by atoms with Crippen LogP contribution in [-0.2, 0) is 31.2 Å². The highest BCUT2D eigenvalue weighted by molar-refractivity contribution is 7.93. The number of nitrogens with zero attached hydrogens (tertiary/aromatic N) is 4. The minimum atomic E-state index is -4.08. The predicted molar refractivity (Wildman–Crippen MR) is 118 cm³/mol. The Morgan fingerprint density at radius 2 is 1.70 bits per heavy atom. The monoisotopic (exact) mass is 494 g/mol. The van der Waals surface area contributed by atoms with E-state index in [1.165, 1.54) is 39.3 Å². The van der Waals surface area contributed by atoms with Gasteiger partial charge in [-0.25, -0.2) is 26.6 Å². The Hall–Kier alpha value is -3.03. The SMILES string of the molecule is CS(=O)(=O)c1ccccc1S(=O)(=O)N1CCC(n2c(=O)n(CC(=O)O)c3cccnc32)CC1. The molecule has 0 spiro atoms. The number of piperidine rings is 1. The van der Waals surface area contributed by atoms with Gasteiger partial charge in [-0.15, -0.1) is 0 Å². The number of carboxylic acid groups (broad SMARTS) is 1. The summed E-state index contributed by atoms with van der Waals surface area (Å²) < 4.78 is 54.4. The van der Waals surface area contributed by atoms with Gasteiger partial charge in [0.05, 0.1) is 10.4 Å². The molecule has 0 atom stereocenters. The molecule has 2 aromatic heterocycles. The number of sulfone groups is 1. The summed E-state index contributed by atoms with van der Waals surface area (Å²) in [5, 5.41) is 9.18. The third-order valence-electron chi connectivity index (χ3n) is 5.67. The largest absolute Gasteiger partial charge is 0.480 e. The summed E-state index contributed by atoms with van der Waals surface area (Å²) in [6.45, 7) is -0.379. The van der Waals surface area contributed by atoms with Crippen molar-refractivity contribution in [2.75, 3.05) is 19.3 Å². The maximum absolute atomic E-state index is 13.2. The van der Waals surface area contributed by atoms with Crippen molar-refractivity contribution in [1.29, 1.82) is 0 Å². The molecule has 1 aliphatic rings. The molecule has 33 heavy (non-hydrogen) atoms. The number of fused-ring (bicyclic) bond motifs is 1. The van der Waals surface area contributed by atoms with Gasteiger partial charge in [0, 0.05) is 31.6 Å². The molecule has 0 radical (unpaired) electrons. The van der Waals surface area contributed by atoms with E-state index in [4.69, 9.17) is 0 Å². The zero-order valence-corrected chi connectivity index (χ0v) is 19.3. The van der Waals surface area contributed by atoms with Crippen molar-refractivity contribution in [2.45, 2.75) is 35.2 Å². The van der Waals surface area contributed by atoms with Gasteiger partial charge in [0.25, 0.3) is 0 Å². The second-order valence-electron chi connectivity index (χ2n) is 7.83. The van der Waals surface area contributed by atoms with Crippen LogP contribution in [0.2, 0.25) is 0 Å². The third-order valence-corrected chi connectivity index (χ3v) is 8.91. The first-order chi connectivity index (χ1) is 15.5. The zero-order chi connectivity index (χ0) is 24.0. The molecule has 0 amide bonds. The number of imidazole rings is 1. The highest BCUT2D eigenvalue weighted by atomic mass is 32.2. The first kappa shape index (κ1) is 23.1. The van der Waals surface area contributed by atoms with Crippen LogP contribution in [-0.4, -0.2) is 65.7 Å². The molecule has 13 heteroatoms. The smallest absolute Gasteiger partial charge is 0.331 e. The Balaban J connectivity index is 1.65. The third kappa shape index (κ3) is 4.18. The fourth-order valence-corrected chi connectivity index (χ4v) is 7.25. The first-order valence-electron chi connectivity index (χ1n) is 10.1. The lowest BCUT2D eigenvalue weighted by Crippen LogP contribution is -2.41. The van der Waals surface area contributed by atoms with Crippen molar-refractivity contribution in [3.8, 4) is 0 Å². The molecule has 1 aromatic carbocycles. The van der Waals surface area contributed by atoms with Crippen molar-refractivity contribution in [2.24, 2.45) is 0 Å². The molecule has 0 bridgehead atoms. The Morgan fingerprint density at radius 1 is 1.06 bits per heavy atom. The lowest BCUT2D eigenvalue weighted by Gasteiger charge is -2.32. The van der Waals surface area contributed by atoms with Crippen LogP contribution in [0, 0.1) is 0 Å². The topological polar surface area (TPSA) is 149 Å². The number of aromatic nitrogens is 3. The van der Waals surface area contributed by atoms with Crippen LogP contribution in [0.4, 0.5) is 0 Å². The molecule has 176 valence electrons. The Bertz CT molecular complexity index is 1500. The quantitative estimate of drug-likeness (QED) is 0.527. The van der Waals surface area contributed by atoms with Crippen molar-refractivity contribution < 1.29 is 26.7 Å². The molecule has 3 heterocycles. The molecule has 1 fully saturated rings. The molecule has 0 unspecified atom stereocenters. The van der Waals surface area contributed by atoms with Crippen molar-refractivity contribution in [1.82, 2.24) is 18.4 Å². The van der Waals surface area contributed by atoms with Crippen LogP contribution < -0.4 is 5.69 Å². The molecular formula is C20H22N4O7S2. The summed E-state index contributed by atoms with van der Waals surface area (Å²) >= 11 is 0. The standard InChI is InChI=1S/C20H22N4O7S2/c1-32(28,29)16-6-2-3-7-17(16)33(30,31)22-11-8-14(9-12-22)24-19-15(5-4-10-21-19)23(20(24)27)13-18(25)26/h2-7,10,14H,8-9,11-13H2,1H3,(H,25,26). The minimum absolute atomic E-state index is 0.0655. The average molecular weight is 495 g/mol. The van der Waals surface area contributed by atoms with E-state index in [0.29, 0.717) is 11.2 Å². The zero-order valence-electron chi connectivity index (χ0n) is 17.7. The number of sulfonamides is 1. The Morgan fingerprint density at radius 3 is 2.30 bits per heavy atom. The number of carboxylic acids is 1. The van der Waals surface area contributed by atoms with E-state index < -0.39 is 38.1 Å². The molecule has 4 rings (SSSR count). The van der Waals surface area contributed by atoms with Gasteiger partial charge in [-0.2, -0.15) is 4.31 Å². The lowest BCUT2D eigenvalue weighted by atomic mass is 10.1. The summed E-state index contributed by atoms with van der Waals surface area (Å²) in [7, 11) is -7.83. The summed E-state index contributed by atoms with van der Waals surface area (Å²) in [6, 6.07) is 8.30. The summed E-state index contributed by atoms with van der Waals surface area (Å²) in [5.74, 6) is -1.16. The number of hydrogen-bond donors (Lipinski definition) is 1. The van der Waals surface area contributed by atoms with Gasteiger partial charge in [-0.3, -0.25) is 13.9 Å². The van der Waals surface area contributed by atoms with Crippen molar-refractivity contribution in [3.63, 3.8) is 0 Å². The van der Waals surface area contributed by atoms with Crippen LogP contribution in [0.1, 0.15) is 18.9 Å².